The van der Waals surface area contributed by atoms with Crippen LogP contribution in [0.4, 0.5) is 0 Å². The monoisotopic (exact) mass is 225 g/mol. The summed E-state index contributed by atoms with van der Waals surface area (Å²) in [6.45, 7) is 7.04. The zero-order chi connectivity index (χ0) is 12.1. The van der Waals surface area contributed by atoms with Crippen molar-refractivity contribution in [3.05, 3.63) is 17.5 Å². The molecule has 0 aliphatic carbocycles. The summed E-state index contributed by atoms with van der Waals surface area (Å²) in [5.41, 5.74) is 2.42. The molecular weight excluding hydrogens is 202 g/mol. The van der Waals surface area contributed by atoms with Gasteiger partial charge in [-0.1, -0.05) is 6.92 Å². The highest BCUT2D eigenvalue weighted by Crippen LogP contribution is 2.15. The molecule has 1 rings (SSSR count). The van der Waals surface area contributed by atoms with Crippen LogP contribution < -0.4 is 5.32 Å². The molecule has 0 fully saturated rings. The van der Waals surface area contributed by atoms with Crippen LogP contribution in [0.5, 0.6) is 0 Å². The Morgan fingerprint density at radius 2 is 2.25 bits per heavy atom. The molecule has 0 amide bonds. The van der Waals surface area contributed by atoms with Crippen molar-refractivity contribution in [3.8, 4) is 0 Å². The number of nitrogens with zero attached hydrogens (tertiary/aromatic N) is 2. The van der Waals surface area contributed by atoms with Gasteiger partial charge in [-0.2, -0.15) is 5.10 Å². The van der Waals surface area contributed by atoms with Crippen LogP contribution in [0.1, 0.15) is 44.0 Å². The van der Waals surface area contributed by atoms with E-state index >= 15 is 0 Å². The predicted molar refractivity (Wildman–Crippen MR) is 65.3 cm³/mol. The van der Waals surface area contributed by atoms with Gasteiger partial charge in [0.2, 0.25) is 0 Å². The fraction of sp³-hybridized carbons (Fsp3) is 0.750. The van der Waals surface area contributed by atoms with Crippen molar-refractivity contribution in [2.45, 2.75) is 45.8 Å². The highest BCUT2D eigenvalue weighted by Gasteiger charge is 2.11. The van der Waals surface area contributed by atoms with E-state index in [1.54, 1.807) is 0 Å². The summed E-state index contributed by atoms with van der Waals surface area (Å²) in [7, 11) is 1.95. The number of hydrogen-bond donors (Lipinski definition) is 2. The van der Waals surface area contributed by atoms with E-state index in [9.17, 15) is 5.11 Å². The lowest BCUT2D eigenvalue weighted by Gasteiger charge is -2.15. The van der Waals surface area contributed by atoms with Crippen molar-refractivity contribution in [1.82, 2.24) is 15.1 Å². The van der Waals surface area contributed by atoms with Crippen LogP contribution >= 0.6 is 0 Å². The van der Waals surface area contributed by atoms with E-state index in [2.05, 4.69) is 24.3 Å². The van der Waals surface area contributed by atoms with Gasteiger partial charge in [0.15, 0.2) is 0 Å². The summed E-state index contributed by atoms with van der Waals surface area (Å²) in [5.74, 6) is 0. The maximum Gasteiger partial charge on any atom is 0.0549 e. The molecule has 0 bridgehead atoms. The predicted octanol–water partition coefficient (Wildman–Crippen LogP) is 1.54. The van der Waals surface area contributed by atoms with Crippen LogP contribution in [-0.2, 0) is 7.05 Å². The maximum absolute atomic E-state index is 9.44. The third-order valence-corrected chi connectivity index (χ3v) is 3.14. The first-order chi connectivity index (χ1) is 7.56. The van der Waals surface area contributed by atoms with Crippen LogP contribution in [0.3, 0.4) is 0 Å². The molecule has 4 heteroatoms. The maximum atomic E-state index is 9.44. The topological polar surface area (TPSA) is 50.1 Å². The minimum atomic E-state index is -0.185. The minimum Gasteiger partial charge on any atom is -0.393 e. The Kier molecular flexibility index (Phi) is 4.96. The SMILES string of the molecule is CCC(O)CCNC(C)c1cnn(C)c1C. The fourth-order valence-electron chi connectivity index (χ4n) is 1.72. The molecule has 2 atom stereocenters. The summed E-state index contributed by atoms with van der Waals surface area (Å²) in [4.78, 5) is 0. The molecule has 0 aliphatic rings. The Morgan fingerprint density at radius 1 is 1.56 bits per heavy atom. The van der Waals surface area contributed by atoms with Crippen molar-refractivity contribution >= 4 is 0 Å². The highest BCUT2D eigenvalue weighted by atomic mass is 16.3. The van der Waals surface area contributed by atoms with Gasteiger partial charge in [0, 0.05) is 24.3 Å². The second-order valence-corrected chi connectivity index (χ2v) is 4.34. The molecule has 0 spiro atoms. The first kappa shape index (κ1) is 13.2. The zero-order valence-electron chi connectivity index (χ0n) is 10.7. The molecule has 0 radical (unpaired) electrons. The van der Waals surface area contributed by atoms with Crippen LogP contribution in [0.2, 0.25) is 0 Å². The summed E-state index contributed by atoms with van der Waals surface area (Å²) < 4.78 is 1.88. The second-order valence-electron chi connectivity index (χ2n) is 4.34. The summed E-state index contributed by atoms with van der Waals surface area (Å²) in [5, 5.41) is 17.1. The van der Waals surface area contributed by atoms with Crippen molar-refractivity contribution in [3.63, 3.8) is 0 Å². The number of aromatic nitrogens is 2. The molecule has 0 aliphatic heterocycles. The number of nitrogens with one attached hydrogen (secondary N) is 1. The molecular formula is C12H23N3O. The first-order valence-electron chi connectivity index (χ1n) is 5.96. The van der Waals surface area contributed by atoms with Gasteiger partial charge in [0.25, 0.3) is 0 Å². The lowest BCUT2D eigenvalue weighted by Crippen LogP contribution is -2.23. The van der Waals surface area contributed by atoms with Gasteiger partial charge in [-0.15, -0.1) is 0 Å². The normalized spacial score (nSPS) is 15.1. The van der Waals surface area contributed by atoms with Gasteiger partial charge in [-0.25, -0.2) is 0 Å². The van der Waals surface area contributed by atoms with E-state index in [4.69, 9.17) is 0 Å². The van der Waals surface area contributed by atoms with Gasteiger partial charge in [-0.05, 0) is 33.2 Å². The molecule has 4 nitrogen and oxygen atoms in total. The third kappa shape index (κ3) is 3.32. The molecule has 16 heavy (non-hydrogen) atoms. The number of aryl methyl sites for hydroxylation is 1. The average Bonchev–Trinajstić information content (AvgIpc) is 2.59. The number of rotatable bonds is 6. The molecule has 1 aromatic heterocycles. The van der Waals surface area contributed by atoms with Crippen LogP contribution in [0.15, 0.2) is 6.20 Å². The largest absolute Gasteiger partial charge is 0.393 e. The van der Waals surface area contributed by atoms with Crippen molar-refractivity contribution < 1.29 is 5.11 Å². The molecule has 0 saturated carbocycles. The Balaban J connectivity index is 2.41. The van der Waals surface area contributed by atoms with Gasteiger partial charge >= 0.3 is 0 Å². The van der Waals surface area contributed by atoms with E-state index in [0.717, 1.165) is 19.4 Å². The standard InChI is InChI=1S/C12H23N3O/c1-5-11(16)6-7-13-9(2)12-8-14-15(4)10(12)3/h8-9,11,13,16H,5-7H2,1-4H3. The summed E-state index contributed by atoms with van der Waals surface area (Å²) >= 11 is 0. The molecule has 2 N–H and O–H groups in total. The first-order valence-corrected chi connectivity index (χ1v) is 5.96. The molecule has 92 valence electrons. The summed E-state index contributed by atoms with van der Waals surface area (Å²) in [6.07, 6.45) is 3.35. The Morgan fingerprint density at radius 3 is 2.75 bits per heavy atom. The Hall–Kier alpha value is -0.870. The van der Waals surface area contributed by atoms with E-state index in [1.165, 1.54) is 11.3 Å². The van der Waals surface area contributed by atoms with Gasteiger partial charge in [-0.3, -0.25) is 4.68 Å². The zero-order valence-corrected chi connectivity index (χ0v) is 10.7. The fourth-order valence-corrected chi connectivity index (χ4v) is 1.72. The van der Waals surface area contributed by atoms with Gasteiger partial charge in [0.1, 0.15) is 0 Å². The van der Waals surface area contributed by atoms with Gasteiger partial charge < -0.3 is 10.4 Å². The minimum absolute atomic E-state index is 0.185. The number of hydrogen-bond acceptors (Lipinski definition) is 3. The molecule has 1 aromatic rings. The highest BCUT2D eigenvalue weighted by molar-refractivity contribution is 5.19. The van der Waals surface area contributed by atoms with E-state index in [0.29, 0.717) is 0 Å². The lowest BCUT2D eigenvalue weighted by molar-refractivity contribution is 0.159. The van der Waals surface area contributed by atoms with Gasteiger partial charge in [0.05, 0.1) is 12.3 Å². The van der Waals surface area contributed by atoms with E-state index in [-0.39, 0.29) is 12.1 Å². The smallest absolute Gasteiger partial charge is 0.0549 e. The third-order valence-electron chi connectivity index (χ3n) is 3.14. The van der Waals surface area contributed by atoms with E-state index < -0.39 is 0 Å². The Labute approximate surface area is 97.7 Å². The number of aliphatic hydroxyl groups excluding tert-OH is 1. The average molecular weight is 225 g/mol. The Bertz CT molecular complexity index is 322. The van der Waals surface area contributed by atoms with Crippen LogP contribution in [0, 0.1) is 6.92 Å². The quantitative estimate of drug-likeness (QED) is 0.772. The van der Waals surface area contributed by atoms with Crippen LogP contribution in [0.25, 0.3) is 0 Å². The molecule has 0 saturated heterocycles. The van der Waals surface area contributed by atoms with Crippen molar-refractivity contribution in [1.29, 1.82) is 0 Å². The van der Waals surface area contributed by atoms with E-state index in [1.807, 2.05) is 24.9 Å². The van der Waals surface area contributed by atoms with Crippen molar-refractivity contribution in [2.75, 3.05) is 6.54 Å². The molecule has 1 heterocycles. The van der Waals surface area contributed by atoms with Crippen molar-refractivity contribution in [2.24, 2.45) is 7.05 Å². The molecule has 2 unspecified atom stereocenters. The van der Waals surface area contributed by atoms with Crippen LogP contribution in [-0.4, -0.2) is 27.5 Å². The summed E-state index contributed by atoms with van der Waals surface area (Å²) in [6, 6.07) is 0.290. The molecule has 0 aromatic carbocycles. The number of aliphatic hydroxyl groups is 1. The lowest BCUT2D eigenvalue weighted by atomic mass is 10.1. The second kappa shape index (κ2) is 6.01.